The van der Waals surface area contributed by atoms with Gasteiger partial charge in [-0.1, -0.05) is 57.0 Å². The second-order valence-electron chi connectivity index (χ2n) is 7.41. The first-order valence-electron chi connectivity index (χ1n) is 10.6. The summed E-state index contributed by atoms with van der Waals surface area (Å²) in [7, 11) is 1.68. The highest BCUT2D eigenvalue weighted by Crippen LogP contribution is 2.30. The third kappa shape index (κ3) is 5.14. The Labute approximate surface area is 175 Å². The van der Waals surface area contributed by atoms with E-state index < -0.39 is 0 Å². The number of fused-ring (bicyclic) bond motifs is 1. The molecule has 3 aromatic carbocycles. The molecule has 0 spiro atoms. The van der Waals surface area contributed by atoms with Crippen molar-refractivity contribution in [2.75, 3.05) is 7.11 Å². The summed E-state index contributed by atoms with van der Waals surface area (Å²) in [5, 5.41) is 2.53. The summed E-state index contributed by atoms with van der Waals surface area (Å²) in [6.07, 6.45) is 6.90. The number of aliphatic imine (C=N–C) groups is 1. The topological polar surface area (TPSA) is 21.6 Å². The van der Waals surface area contributed by atoms with E-state index in [2.05, 4.69) is 63.2 Å². The second kappa shape index (κ2) is 10.1. The maximum absolute atomic E-state index is 5.27. The highest BCUT2D eigenvalue weighted by Gasteiger charge is 2.12. The smallest absolute Gasteiger partial charge is 0.119 e. The Bertz CT molecular complexity index is 1010. The highest BCUT2D eigenvalue weighted by atomic mass is 16.5. The minimum absolute atomic E-state index is 0.848. The Kier molecular flexibility index (Phi) is 7.24. The maximum Gasteiger partial charge on any atom is 0.119 e. The number of hydrogen-bond acceptors (Lipinski definition) is 2. The standard InChI is InChI=1S/C27H31NO/c1-5-7-11-21(10-6-2)27-19-23-13-9-8-12-22(23)18-26(27)20(3)28-24-14-16-25(29-4)17-15-24/h8-9,11-19H,5-7,10H2,1-4H3/b21-11+,28-20?. The molecule has 0 aliphatic heterocycles. The summed E-state index contributed by atoms with van der Waals surface area (Å²) in [6.45, 7) is 6.60. The summed E-state index contributed by atoms with van der Waals surface area (Å²) >= 11 is 0. The number of allylic oxidation sites excluding steroid dienone is 2. The van der Waals surface area contributed by atoms with Crippen molar-refractivity contribution in [2.45, 2.75) is 46.5 Å². The van der Waals surface area contributed by atoms with Gasteiger partial charge in [0.1, 0.15) is 5.75 Å². The normalized spacial score (nSPS) is 12.4. The molecule has 0 N–H and O–H groups in total. The zero-order valence-electron chi connectivity index (χ0n) is 18.0. The third-order valence-corrected chi connectivity index (χ3v) is 5.19. The molecule has 0 radical (unpaired) electrons. The van der Waals surface area contributed by atoms with Gasteiger partial charge in [0.25, 0.3) is 0 Å². The van der Waals surface area contributed by atoms with Gasteiger partial charge in [0.05, 0.1) is 12.8 Å². The van der Waals surface area contributed by atoms with Gasteiger partial charge in [0, 0.05) is 11.3 Å². The van der Waals surface area contributed by atoms with Crippen LogP contribution in [0.3, 0.4) is 0 Å². The molecule has 0 aliphatic rings. The molecule has 2 heteroatoms. The molecule has 0 atom stereocenters. The first-order chi connectivity index (χ1) is 14.2. The van der Waals surface area contributed by atoms with E-state index in [0.29, 0.717) is 0 Å². The van der Waals surface area contributed by atoms with Gasteiger partial charge in [0.2, 0.25) is 0 Å². The van der Waals surface area contributed by atoms with E-state index in [0.717, 1.165) is 42.8 Å². The lowest BCUT2D eigenvalue weighted by Crippen LogP contribution is -2.01. The second-order valence-corrected chi connectivity index (χ2v) is 7.41. The largest absolute Gasteiger partial charge is 0.497 e. The van der Waals surface area contributed by atoms with Gasteiger partial charge in [-0.25, -0.2) is 0 Å². The summed E-state index contributed by atoms with van der Waals surface area (Å²) < 4.78 is 5.27. The van der Waals surface area contributed by atoms with Crippen LogP contribution in [0.2, 0.25) is 0 Å². The Balaban J connectivity index is 2.13. The average Bonchev–Trinajstić information content (AvgIpc) is 2.76. The van der Waals surface area contributed by atoms with Gasteiger partial charge in [-0.3, -0.25) is 4.99 Å². The molecule has 0 heterocycles. The van der Waals surface area contributed by atoms with Crippen molar-refractivity contribution in [2.24, 2.45) is 4.99 Å². The van der Waals surface area contributed by atoms with Gasteiger partial charge >= 0.3 is 0 Å². The van der Waals surface area contributed by atoms with Crippen LogP contribution in [-0.4, -0.2) is 12.8 Å². The van der Waals surface area contributed by atoms with E-state index in [4.69, 9.17) is 9.73 Å². The van der Waals surface area contributed by atoms with Crippen LogP contribution in [0.4, 0.5) is 5.69 Å². The van der Waals surface area contributed by atoms with E-state index in [9.17, 15) is 0 Å². The van der Waals surface area contributed by atoms with Crippen molar-refractivity contribution in [3.05, 3.63) is 77.9 Å². The number of benzene rings is 3. The average molecular weight is 386 g/mol. The van der Waals surface area contributed by atoms with E-state index in [1.807, 2.05) is 24.3 Å². The maximum atomic E-state index is 5.27. The number of ether oxygens (including phenoxy) is 1. The summed E-state index contributed by atoms with van der Waals surface area (Å²) in [5.74, 6) is 0.848. The fourth-order valence-corrected chi connectivity index (χ4v) is 3.65. The Morgan fingerprint density at radius 1 is 0.897 bits per heavy atom. The van der Waals surface area contributed by atoms with Crippen LogP contribution in [0.15, 0.2) is 71.7 Å². The number of methoxy groups -OCH3 is 1. The number of nitrogens with zero attached hydrogens (tertiary/aromatic N) is 1. The third-order valence-electron chi connectivity index (χ3n) is 5.19. The van der Waals surface area contributed by atoms with Crippen LogP contribution in [0, 0.1) is 0 Å². The van der Waals surface area contributed by atoms with Gasteiger partial charge in [0.15, 0.2) is 0 Å². The molecule has 3 rings (SSSR count). The van der Waals surface area contributed by atoms with Crippen LogP contribution >= 0.6 is 0 Å². The van der Waals surface area contributed by atoms with Crippen molar-refractivity contribution in [3.8, 4) is 5.75 Å². The first-order valence-corrected chi connectivity index (χ1v) is 10.6. The highest BCUT2D eigenvalue weighted by molar-refractivity contribution is 6.07. The molecule has 0 saturated carbocycles. The fourth-order valence-electron chi connectivity index (χ4n) is 3.65. The van der Waals surface area contributed by atoms with Crippen LogP contribution in [-0.2, 0) is 0 Å². The zero-order chi connectivity index (χ0) is 20.6. The van der Waals surface area contributed by atoms with E-state index in [1.54, 1.807) is 7.11 Å². The van der Waals surface area contributed by atoms with Gasteiger partial charge < -0.3 is 4.74 Å². The Morgan fingerprint density at radius 2 is 1.55 bits per heavy atom. The molecule has 3 aromatic rings. The van der Waals surface area contributed by atoms with Gasteiger partial charge in [-0.15, -0.1) is 0 Å². The summed E-state index contributed by atoms with van der Waals surface area (Å²) in [6, 6.07) is 21.1. The van der Waals surface area contributed by atoms with Crippen LogP contribution in [0.1, 0.15) is 57.6 Å². The van der Waals surface area contributed by atoms with Crippen molar-refractivity contribution >= 4 is 27.7 Å². The number of rotatable bonds is 8. The molecule has 0 bridgehead atoms. The quantitative estimate of drug-likeness (QED) is 0.360. The number of hydrogen-bond donors (Lipinski definition) is 0. The molecular formula is C27H31NO. The molecule has 0 fully saturated rings. The van der Waals surface area contributed by atoms with Crippen molar-refractivity contribution in [1.82, 2.24) is 0 Å². The molecule has 2 nitrogen and oxygen atoms in total. The predicted molar refractivity (Wildman–Crippen MR) is 127 cm³/mol. The number of unbranched alkanes of at least 4 members (excludes halogenated alkanes) is 1. The lowest BCUT2D eigenvalue weighted by atomic mass is 9.90. The molecule has 0 unspecified atom stereocenters. The fraction of sp³-hybridized carbons (Fsp3) is 0.296. The van der Waals surface area contributed by atoms with Gasteiger partial charge in [-0.05, 0) is 78.1 Å². The SMILES string of the molecule is CCC/C=C(\CCC)c1cc2ccccc2cc1C(C)=Nc1ccc(OC)cc1. The zero-order valence-corrected chi connectivity index (χ0v) is 18.0. The molecular weight excluding hydrogens is 354 g/mol. The minimum Gasteiger partial charge on any atom is -0.497 e. The van der Waals surface area contributed by atoms with E-state index in [1.165, 1.54) is 27.5 Å². The van der Waals surface area contributed by atoms with Crippen molar-refractivity contribution < 1.29 is 4.74 Å². The molecule has 0 aromatic heterocycles. The van der Waals surface area contributed by atoms with E-state index >= 15 is 0 Å². The molecule has 0 amide bonds. The predicted octanol–water partition coefficient (Wildman–Crippen LogP) is 7.97. The monoisotopic (exact) mass is 385 g/mol. The van der Waals surface area contributed by atoms with Crippen molar-refractivity contribution in [3.63, 3.8) is 0 Å². The van der Waals surface area contributed by atoms with Crippen LogP contribution in [0.25, 0.3) is 16.3 Å². The Morgan fingerprint density at radius 3 is 2.14 bits per heavy atom. The van der Waals surface area contributed by atoms with Crippen LogP contribution in [0.5, 0.6) is 5.75 Å². The first kappa shape index (κ1) is 20.9. The minimum atomic E-state index is 0.848. The van der Waals surface area contributed by atoms with Crippen LogP contribution < -0.4 is 4.74 Å². The lowest BCUT2D eigenvalue weighted by Gasteiger charge is -2.15. The lowest BCUT2D eigenvalue weighted by molar-refractivity contribution is 0.415. The summed E-state index contributed by atoms with van der Waals surface area (Å²) in [5.41, 5.74) is 5.94. The van der Waals surface area contributed by atoms with E-state index in [-0.39, 0.29) is 0 Å². The molecule has 0 aliphatic carbocycles. The summed E-state index contributed by atoms with van der Waals surface area (Å²) in [4.78, 5) is 4.93. The molecule has 150 valence electrons. The molecule has 29 heavy (non-hydrogen) atoms. The Hall–Kier alpha value is -2.87. The molecule has 0 saturated heterocycles. The van der Waals surface area contributed by atoms with Gasteiger partial charge in [-0.2, -0.15) is 0 Å². The van der Waals surface area contributed by atoms with Crippen molar-refractivity contribution in [1.29, 1.82) is 0 Å².